The van der Waals surface area contributed by atoms with Crippen molar-refractivity contribution >= 4 is 0 Å². The molecule has 1 aromatic heterocycles. The maximum absolute atomic E-state index is 5.16. The maximum Gasteiger partial charge on any atom is 0.0947 e. The van der Waals surface area contributed by atoms with Gasteiger partial charge in [0.25, 0.3) is 0 Å². The Morgan fingerprint density at radius 2 is 2.11 bits per heavy atom. The molecule has 3 nitrogen and oxygen atoms in total. The Hall–Kier alpha value is -1.58. The smallest absolute Gasteiger partial charge is 0.0947 e. The van der Waals surface area contributed by atoms with Gasteiger partial charge in [0.15, 0.2) is 0 Å². The Morgan fingerprint density at radius 1 is 1.21 bits per heavy atom. The van der Waals surface area contributed by atoms with Gasteiger partial charge in [-0.15, -0.1) is 0 Å². The van der Waals surface area contributed by atoms with Crippen LogP contribution in [0.3, 0.4) is 0 Å². The molecule has 1 N–H and O–H groups in total. The zero-order valence-corrected chi connectivity index (χ0v) is 11.1. The van der Waals surface area contributed by atoms with Crippen LogP contribution in [0, 0.1) is 0 Å². The highest BCUT2D eigenvalue weighted by Crippen LogP contribution is 2.18. The second-order valence-corrected chi connectivity index (χ2v) is 5.14. The van der Waals surface area contributed by atoms with E-state index in [9.17, 15) is 0 Å². The molecule has 2 heterocycles. The largest absolute Gasteiger partial charge is 0.472 e. The third-order valence-corrected chi connectivity index (χ3v) is 3.67. The molecule has 1 atom stereocenters. The molecule has 2 aromatic rings. The number of hydrogen-bond acceptors (Lipinski definition) is 3. The lowest BCUT2D eigenvalue weighted by Gasteiger charge is -2.24. The maximum atomic E-state index is 5.16. The molecule has 1 fully saturated rings. The van der Waals surface area contributed by atoms with Crippen LogP contribution in [0.1, 0.15) is 23.6 Å². The minimum atomic E-state index is 0.426. The molecule has 3 rings (SSSR count). The summed E-state index contributed by atoms with van der Waals surface area (Å²) in [4.78, 5) is 2.50. The second-order valence-electron chi connectivity index (χ2n) is 5.14. The van der Waals surface area contributed by atoms with Crippen LogP contribution in [0.4, 0.5) is 0 Å². The topological polar surface area (TPSA) is 28.4 Å². The van der Waals surface area contributed by atoms with Crippen LogP contribution in [0.25, 0.3) is 0 Å². The van der Waals surface area contributed by atoms with Gasteiger partial charge < -0.3 is 9.73 Å². The Balaban J connectivity index is 1.69. The summed E-state index contributed by atoms with van der Waals surface area (Å²) in [6.07, 6.45) is 4.79. The molecule has 0 saturated carbocycles. The predicted molar refractivity (Wildman–Crippen MR) is 75.8 cm³/mol. The lowest BCUT2D eigenvalue weighted by atomic mass is 10.1. The monoisotopic (exact) mass is 256 g/mol. The van der Waals surface area contributed by atoms with Crippen LogP contribution in [0.15, 0.2) is 53.3 Å². The summed E-state index contributed by atoms with van der Waals surface area (Å²) in [5.41, 5.74) is 2.63. The van der Waals surface area contributed by atoms with E-state index >= 15 is 0 Å². The van der Waals surface area contributed by atoms with E-state index in [0.29, 0.717) is 6.04 Å². The average molecular weight is 256 g/mol. The zero-order chi connectivity index (χ0) is 12.9. The molecule has 1 saturated heterocycles. The molecule has 0 aliphatic carbocycles. The fourth-order valence-electron chi connectivity index (χ4n) is 2.69. The van der Waals surface area contributed by atoms with Gasteiger partial charge in [0.1, 0.15) is 0 Å². The molecular formula is C16H20N2O. The minimum absolute atomic E-state index is 0.426. The van der Waals surface area contributed by atoms with Gasteiger partial charge in [0.2, 0.25) is 0 Å². The van der Waals surface area contributed by atoms with Crippen LogP contribution in [-0.4, -0.2) is 24.5 Å². The van der Waals surface area contributed by atoms with Crippen molar-refractivity contribution in [1.29, 1.82) is 0 Å². The third kappa shape index (κ3) is 3.25. The molecule has 0 spiro atoms. The molecule has 3 heteroatoms. The van der Waals surface area contributed by atoms with E-state index in [4.69, 9.17) is 4.42 Å². The van der Waals surface area contributed by atoms with Crippen molar-refractivity contribution in [2.45, 2.75) is 19.0 Å². The zero-order valence-electron chi connectivity index (χ0n) is 11.1. The highest BCUT2D eigenvalue weighted by molar-refractivity contribution is 5.19. The summed E-state index contributed by atoms with van der Waals surface area (Å²) in [5, 5.41) is 3.64. The summed E-state index contributed by atoms with van der Waals surface area (Å²) in [6.45, 7) is 4.25. The van der Waals surface area contributed by atoms with Gasteiger partial charge in [-0.25, -0.2) is 0 Å². The van der Waals surface area contributed by atoms with Gasteiger partial charge >= 0.3 is 0 Å². The Labute approximate surface area is 114 Å². The molecule has 0 bridgehead atoms. The minimum Gasteiger partial charge on any atom is -0.472 e. The SMILES string of the molecule is c1ccc(C2CN(Cc3ccoc3)CCCN2)cc1. The fraction of sp³-hybridized carbons (Fsp3) is 0.375. The summed E-state index contributed by atoms with van der Waals surface area (Å²) in [5.74, 6) is 0. The lowest BCUT2D eigenvalue weighted by Crippen LogP contribution is -2.30. The summed E-state index contributed by atoms with van der Waals surface area (Å²) in [7, 11) is 0. The van der Waals surface area contributed by atoms with Gasteiger partial charge in [-0.05, 0) is 31.1 Å². The van der Waals surface area contributed by atoms with E-state index in [0.717, 1.165) is 26.2 Å². The normalized spacial score (nSPS) is 21.2. The Bertz CT molecular complexity index is 481. The number of benzene rings is 1. The van der Waals surface area contributed by atoms with Crippen LogP contribution in [0.5, 0.6) is 0 Å². The van der Waals surface area contributed by atoms with Crippen molar-refractivity contribution in [2.24, 2.45) is 0 Å². The van der Waals surface area contributed by atoms with E-state index in [1.54, 1.807) is 6.26 Å². The van der Waals surface area contributed by atoms with E-state index in [1.165, 1.54) is 17.5 Å². The summed E-state index contributed by atoms with van der Waals surface area (Å²) < 4.78 is 5.16. The van der Waals surface area contributed by atoms with Crippen molar-refractivity contribution in [2.75, 3.05) is 19.6 Å². The van der Waals surface area contributed by atoms with Gasteiger partial charge in [-0.2, -0.15) is 0 Å². The van der Waals surface area contributed by atoms with E-state index in [1.807, 2.05) is 6.26 Å². The molecule has 0 amide bonds. The van der Waals surface area contributed by atoms with Crippen molar-refractivity contribution in [1.82, 2.24) is 10.2 Å². The molecule has 1 unspecified atom stereocenters. The summed E-state index contributed by atoms with van der Waals surface area (Å²) >= 11 is 0. The highest BCUT2D eigenvalue weighted by atomic mass is 16.3. The quantitative estimate of drug-likeness (QED) is 0.915. The van der Waals surface area contributed by atoms with Crippen LogP contribution in [-0.2, 0) is 6.54 Å². The second kappa shape index (κ2) is 6.04. The van der Waals surface area contributed by atoms with Crippen LogP contribution < -0.4 is 5.32 Å². The molecule has 100 valence electrons. The molecule has 0 radical (unpaired) electrons. The first kappa shape index (κ1) is 12.5. The Morgan fingerprint density at radius 3 is 2.89 bits per heavy atom. The number of furan rings is 1. The summed E-state index contributed by atoms with van der Waals surface area (Å²) in [6, 6.07) is 13.2. The van der Waals surface area contributed by atoms with Gasteiger partial charge in [-0.1, -0.05) is 30.3 Å². The number of nitrogens with one attached hydrogen (secondary N) is 1. The first-order valence-electron chi connectivity index (χ1n) is 6.93. The number of rotatable bonds is 3. The average Bonchev–Trinajstić information content (AvgIpc) is 2.84. The molecule has 1 aliphatic rings. The van der Waals surface area contributed by atoms with Crippen molar-refractivity contribution in [3.63, 3.8) is 0 Å². The van der Waals surface area contributed by atoms with Crippen LogP contribution in [0.2, 0.25) is 0 Å². The van der Waals surface area contributed by atoms with Crippen molar-refractivity contribution in [3.8, 4) is 0 Å². The lowest BCUT2D eigenvalue weighted by molar-refractivity contribution is 0.260. The predicted octanol–water partition coefficient (Wildman–Crippen LogP) is 2.82. The van der Waals surface area contributed by atoms with E-state index in [-0.39, 0.29) is 0 Å². The first-order valence-corrected chi connectivity index (χ1v) is 6.93. The number of hydrogen-bond donors (Lipinski definition) is 1. The Kier molecular flexibility index (Phi) is 3.96. The highest BCUT2D eigenvalue weighted by Gasteiger charge is 2.19. The van der Waals surface area contributed by atoms with Crippen molar-refractivity contribution in [3.05, 3.63) is 60.1 Å². The van der Waals surface area contributed by atoms with Crippen molar-refractivity contribution < 1.29 is 4.42 Å². The molecular weight excluding hydrogens is 236 g/mol. The molecule has 1 aliphatic heterocycles. The fourth-order valence-corrected chi connectivity index (χ4v) is 2.69. The standard InChI is InChI=1S/C16H20N2O/c1-2-5-15(6-3-1)16-12-18(9-4-8-17-16)11-14-7-10-19-13-14/h1-3,5-7,10,13,16-17H,4,8-9,11-12H2. The van der Waals surface area contributed by atoms with Crippen LogP contribution >= 0.6 is 0 Å². The number of nitrogens with zero attached hydrogens (tertiary/aromatic N) is 1. The van der Waals surface area contributed by atoms with Gasteiger partial charge in [0.05, 0.1) is 12.5 Å². The van der Waals surface area contributed by atoms with E-state index in [2.05, 4.69) is 46.6 Å². The molecule has 19 heavy (non-hydrogen) atoms. The third-order valence-electron chi connectivity index (χ3n) is 3.67. The van der Waals surface area contributed by atoms with E-state index < -0.39 is 0 Å². The van der Waals surface area contributed by atoms with Gasteiger partial charge in [0, 0.05) is 24.7 Å². The van der Waals surface area contributed by atoms with Gasteiger partial charge in [-0.3, -0.25) is 4.90 Å². The molecule has 1 aromatic carbocycles. The first-order chi connectivity index (χ1) is 9.42.